The monoisotopic (exact) mass is 180 g/mol. The number of hydrogen-bond donors (Lipinski definition) is 0. The summed E-state index contributed by atoms with van der Waals surface area (Å²) in [6, 6.07) is 0. The fraction of sp³-hybridized carbons (Fsp3) is 1.00. The molecular weight excluding hydrogens is 167 g/mol. The van der Waals surface area contributed by atoms with E-state index < -0.39 is 0 Å². The number of rotatable bonds is 3. The van der Waals surface area contributed by atoms with Gasteiger partial charge in [0.15, 0.2) is 0 Å². The van der Waals surface area contributed by atoms with E-state index in [1.807, 2.05) is 13.8 Å². The average Bonchev–Trinajstić information content (AvgIpc) is 2.00. The minimum Gasteiger partial charge on any atom is -0.374 e. The molecule has 0 spiro atoms. The maximum absolute atomic E-state index is 12.1. The van der Waals surface area contributed by atoms with Crippen molar-refractivity contribution in [3.8, 4) is 0 Å². The van der Waals surface area contributed by atoms with Gasteiger partial charge in [0.1, 0.15) is 0 Å². The van der Waals surface area contributed by atoms with Crippen molar-refractivity contribution in [2.24, 2.45) is 5.41 Å². The molecule has 1 fully saturated rings. The number of ether oxygens (including phenoxy) is 1. The van der Waals surface area contributed by atoms with E-state index in [0.29, 0.717) is 12.3 Å². The first-order valence-electron chi connectivity index (χ1n) is 3.95. The molecule has 0 saturated carbocycles. The van der Waals surface area contributed by atoms with Gasteiger partial charge in [0.25, 0.3) is 0 Å². The van der Waals surface area contributed by atoms with Crippen LogP contribution in [-0.4, -0.2) is 24.8 Å². The van der Waals surface area contributed by atoms with Crippen LogP contribution in [0.2, 0.25) is 0 Å². The van der Waals surface area contributed by atoms with E-state index in [1.165, 1.54) is 0 Å². The summed E-state index contributed by atoms with van der Waals surface area (Å²) in [5.41, 5.74) is -0.101. The molecule has 66 valence electrons. The Morgan fingerprint density at radius 3 is 2.18 bits per heavy atom. The van der Waals surface area contributed by atoms with Crippen molar-refractivity contribution >= 4 is 11.6 Å². The molecule has 1 aliphatic rings. The number of hydrogen-bond acceptors (Lipinski definition) is 1. The third kappa shape index (κ3) is 1.27. The summed E-state index contributed by atoms with van der Waals surface area (Å²) < 4.78 is 17.5. The lowest BCUT2D eigenvalue weighted by molar-refractivity contribution is -0.227. The molecule has 2 atom stereocenters. The van der Waals surface area contributed by atoms with Crippen LogP contribution in [0.3, 0.4) is 0 Å². The topological polar surface area (TPSA) is 9.23 Å². The summed E-state index contributed by atoms with van der Waals surface area (Å²) >= 11 is 5.78. The minimum absolute atomic E-state index is 0.101. The lowest BCUT2D eigenvalue weighted by Crippen LogP contribution is -2.58. The molecule has 2 unspecified atom stereocenters. The van der Waals surface area contributed by atoms with Gasteiger partial charge in [-0.25, -0.2) is 0 Å². The third-order valence-electron chi connectivity index (χ3n) is 2.84. The van der Waals surface area contributed by atoms with E-state index in [2.05, 4.69) is 0 Å². The van der Waals surface area contributed by atoms with Crippen molar-refractivity contribution in [3.63, 3.8) is 0 Å². The van der Waals surface area contributed by atoms with Gasteiger partial charge in [0.05, 0.1) is 18.9 Å². The average molecular weight is 181 g/mol. The summed E-state index contributed by atoms with van der Waals surface area (Å²) in [6.07, 6.45) is 0.759. The first-order valence-corrected chi connectivity index (χ1v) is 4.48. The van der Waals surface area contributed by atoms with Gasteiger partial charge in [-0.2, -0.15) is 0 Å². The van der Waals surface area contributed by atoms with Crippen molar-refractivity contribution < 1.29 is 9.13 Å². The fourth-order valence-electron chi connectivity index (χ4n) is 1.70. The Morgan fingerprint density at radius 1 is 1.45 bits per heavy atom. The molecule has 11 heavy (non-hydrogen) atoms. The highest BCUT2D eigenvalue weighted by Crippen LogP contribution is 2.45. The molecule has 3 heteroatoms. The highest BCUT2D eigenvalue weighted by molar-refractivity contribution is 6.18. The molecular formula is C8H14ClFO. The molecule has 0 radical (unpaired) electrons. The second-order valence-electron chi connectivity index (χ2n) is 3.23. The molecule has 1 heterocycles. The van der Waals surface area contributed by atoms with Crippen LogP contribution in [0, 0.1) is 5.41 Å². The third-order valence-corrected chi connectivity index (χ3v) is 3.33. The molecule has 1 rings (SSSR count). The summed E-state index contributed by atoms with van der Waals surface area (Å²) in [7, 11) is 0. The van der Waals surface area contributed by atoms with Crippen molar-refractivity contribution in [2.45, 2.75) is 32.5 Å². The van der Waals surface area contributed by atoms with Crippen molar-refractivity contribution in [1.82, 2.24) is 0 Å². The van der Waals surface area contributed by atoms with Crippen LogP contribution in [0.25, 0.3) is 0 Å². The largest absolute Gasteiger partial charge is 0.374 e. The molecule has 0 aromatic heterocycles. The molecule has 1 saturated heterocycles. The predicted molar refractivity (Wildman–Crippen MR) is 43.8 cm³/mol. The minimum atomic E-state index is -0.301. The van der Waals surface area contributed by atoms with E-state index in [-0.39, 0.29) is 24.3 Å². The van der Waals surface area contributed by atoms with Crippen molar-refractivity contribution in [3.05, 3.63) is 0 Å². The Balaban J connectivity index is 2.58. The second kappa shape index (κ2) is 3.28. The van der Waals surface area contributed by atoms with E-state index in [4.69, 9.17) is 16.3 Å². The second-order valence-corrected chi connectivity index (χ2v) is 3.49. The number of alkyl halides is 2. The zero-order valence-corrected chi connectivity index (χ0v) is 7.70. The molecule has 1 aliphatic heterocycles. The maximum Gasteiger partial charge on any atom is 0.0902 e. The molecule has 0 N–H and O–H groups in total. The highest BCUT2D eigenvalue weighted by atomic mass is 35.5. The fourth-order valence-corrected chi connectivity index (χ4v) is 2.27. The zero-order chi connectivity index (χ0) is 8.48. The van der Waals surface area contributed by atoms with Gasteiger partial charge in [-0.3, -0.25) is 4.39 Å². The van der Waals surface area contributed by atoms with Gasteiger partial charge in [-0.05, 0) is 20.3 Å². The molecule has 0 aliphatic carbocycles. The Morgan fingerprint density at radius 2 is 2.00 bits per heavy atom. The summed E-state index contributed by atoms with van der Waals surface area (Å²) in [5, 5.41) is 0. The van der Waals surface area contributed by atoms with Gasteiger partial charge < -0.3 is 4.74 Å². The van der Waals surface area contributed by atoms with E-state index in [0.717, 1.165) is 0 Å². The summed E-state index contributed by atoms with van der Waals surface area (Å²) in [6.45, 7) is 3.61. The standard InChI is InChI=1S/C8H14ClFO/c1-6-8(5-9,3-4-10)7(2)11-6/h6-7H,3-5H2,1-2H3. The van der Waals surface area contributed by atoms with Crippen molar-refractivity contribution in [1.29, 1.82) is 0 Å². The number of halogens is 2. The van der Waals surface area contributed by atoms with Gasteiger partial charge in [0, 0.05) is 11.3 Å². The van der Waals surface area contributed by atoms with E-state index >= 15 is 0 Å². The SMILES string of the molecule is CC1OC(C)C1(CCl)CCF. The van der Waals surface area contributed by atoms with Crippen LogP contribution in [0.1, 0.15) is 20.3 Å². The molecule has 0 bridgehead atoms. The van der Waals surface area contributed by atoms with Gasteiger partial charge >= 0.3 is 0 Å². The van der Waals surface area contributed by atoms with Crippen LogP contribution in [0.15, 0.2) is 0 Å². The maximum atomic E-state index is 12.1. The lowest BCUT2D eigenvalue weighted by Gasteiger charge is -2.52. The quantitative estimate of drug-likeness (QED) is 0.606. The molecule has 0 amide bonds. The Hall–Kier alpha value is 0.180. The van der Waals surface area contributed by atoms with Gasteiger partial charge in [-0.15, -0.1) is 11.6 Å². The van der Waals surface area contributed by atoms with Gasteiger partial charge in [-0.1, -0.05) is 0 Å². The summed E-state index contributed by atoms with van der Waals surface area (Å²) in [4.78, 5) is 0. The van der Waals surface area contributed by atoms with Crippen LogP contribution in [-0.2, 0) is 4.74 Å². The van der Waals surface area contributed by atoms with Crippen molar-refractivity contribution in [2.75, 3.05) is 12.6 Å². The predicted octanol–water partition coefficient (Wildman–Crippen LogP) is 2.38. The van der Waals surface area contributed by atoms with Crippen LogP contribution < -0.4 is 0 Å². The molecule has 0 aromatic carbocycles. The normalized spacial score (nSPS) is 43.6. The lowest BCUT2D eigenvalue weighted by atomic mass is 9.72. The zero-order valence-electron chi connectivity index (χ0n) is 6.94. The summed E-state index contributed by atoms with van der Waals surface area (Å²) in [5.74, 6) is 0.499. The van der Waals surface area contributed by atoms with E-state index in [9.17, 15) is 4.39 Å². The smallest absolute Gasteiger partial charge is 0.0902 e. The molecule has 0 aromatic rings. The first-order chi connectivity index (χ1) is 5.17. The van der Waals surface area contributed by atoms with Crippen LogP contribution >= 0.6 is 11.6 Å². The van der Waals surface area contributed by atoms with Gasteiger partial charge in [0.2, 0.25) is 0 Å². The van der Waals surface area contributed by atoms with Crippen LogP contribution in [0.5, 0.6) is 0 Å². The first kappa shape index (κ1) is 9.27. The highest BCUT2D eigenvalue weighted by Gasteiger charge is 2.50. The molecule has 1 nitrogen and oxygen atoms in total. The Labute approximate surface area is 71.9 Å². The Kier molecular flexibility index (Phi) is 2.76. The Bertz CT molecular complexity index is 132. The van der Waals surface area contributed by atoms with Crippen LogP contribution in [0.4, 0.5) is 4.39 Å². The van der Waals surface area contributed by atoms with E-state index in [1.54, 1.807) is 0 Å².